The molecule has 6 nitrogen and oxygen atoms in total. The summed E-state index contributed by atoms with van der Waals surface area (Å²) in [5, 5.41) is 3.58. The third kappa shape index (κ3) is 4.17. The monoisotopic (exact) mass is 380 g/mol. The standard InChI is InChI=1S/C22H24N2O4/c1-4-24(5-2)17-12-10-16(11-13-17)23-20(25)14-27-22(26)21-15(3)18-8-6-7-9-19(18)28-21/h6-13H,4-5,14H2,1-3H3,(H,23,25). The Kier molecular flexibility index (Phi) is 5.99. The van der Waals surface area contributed by atoms with Crippen LogP contribution in [0.3, 0.4) is 0 Å². The number of aryl methyl sites for hydroxylation is 1. The molecule has 1 aromatic heterocycles. The van der Waals surface area contributed by atoms with Gasteiger partial charge in [0.1, 0.15) is 5.58 Å². The molecule has 3 rings (SSSR count). The number of nitrogens with one attached hydrogen (secondary N) is 1. The van der Waals surface area contributed by atoms with Gasteiger partial charge in [0, 0.05) is 35.4 Å². The van der Waals surface area contributed by atoms with E-state index in [1.807, 2.05) is 42.5 Å². The first-order valence-corrected chi connectivity index (χ1v) is 9.33. The normalized spacial score (nSPS) is 10.7. The van der Waals surface area contributed by atoms with Crippen LogP contribution in [0.15, 0.2) is 52.9 Å². The first kappa shape index (κ1) is 19.5. The van der Waals surface area contributed by atoms with Gasteiger partial charge in [0.05, 0.1) is 0 Å². The van der Waals surface area contributed by atoms with Gasteiger partial charge < -0.3 is 19.4 Å². The number of nitrogens with zero attached hydrogens (tertiary/aromatic N) is 1. The summed E-state index contributed by atoms with van der Waals surface area (Å²) in [5.41, 5.74) is 3.06. The predicted molar refractivity (Wildman–Crippen MR) is 110 cm³/mol. The summed E-state index contributed by atoms with van der Waals surface area (Å²) in [6.07, 6.45) is 0. The number of hydrogen-bond donors (Lipinski definition) is 1. The van der Waals surface area contributed by atoms with Gasteiger partial charge in [-0.3, -0.25) is 4.79 Å². The summed E-state index contributed by atoms with van der Waals surface area (Å²) >= 11 is 0. The molecule has 0 saturated carbocycles. The Morgan fingerprint density at radius 1 is 1.04 bits per heavy atom. The molecule has 1 amide bonds. The van der Waals surface area contributed by atoms with E-state index < -0.39 is 11.9 Å². The smallest absolute Gasteiger partial charge is 0.375 e. The Bertz CT molecular complexity index is 972. The highest BCUT2D eigenvalue weighted by Gasteiger charge is 2.19. The highest BCUT2D eigenvalue weighted by molar-refractivity contribution is 5.98. The molecule has 0 radical (unpaired) electrons. The number of ether oxygens (including phenoxy) is 1. The Morgan fingerprint density at radius 3 is 2.36 bits per heavy atom. The van der Waals surface area contributed by atoms with E-state index in [0.29, 0.717) is 16.8 Å². The SMILES string of the molecule is CCN(CC)c1ccc(NC(=O)COC(=O)c2oc3ccccc3c2C)cc1. The first-order chi connectivity index (χ1) is 13.5. The number of furan rings is 1. The van der Waals surface area contributed by atoms with Gasteiger partial charge in [0.25, 0.3) is 5.91 Å². The molecule has 1 heterocycles. The molecule has 6 heteroatoms. The molecule has 0 spiro atoms. The van der Waals surface area contributed by atoms with Crippen LogP contribution in [0, 0.1) is 6.92 Å². The second kappa shape index (κ2) is 8.61. The van der Waals surface area contributed by atoms with E-state index in [1.54, 1.807) is 13.0 Å². The highest BCUT2D eigenvalue weighted by atomic mass is 16.5. The summed E-state index contributed by atoms with van der Waals surface area (Å²) in [4.78, 5) is 26.6. The quantitative estimate of drug-likeness (QED) is 0.616. The maximum Gasteiger partial charge on any atom is 0.375 e. The van der Waals surface area contributed by atoms with Crippen molar-refractivity contribution in [2.24, 2.45) is 0 Å². The number of esters is 1. The number of rotatable bonds is 7. The minimum atomic E-state index is -0.652. The molecule has 0 fully saturated rings. The maximum absolute atomic E-state index is 12.3. The number of para-hydroxylation sites is 1. The van der Waals surface area contributed by atoms with Crippen LogP contribution in [-0.4, -0.2) is 31.6 Å². The molecule has 0 aliphatic heterocycles. The number of amides is 1. The topological polar surface area (TPSA) is 71.8 Å². The third-order valence-corrected chi connectivity index (χ3v) is 4.64. The molecule has 0 aliphatic carbocycles. The van der Waals surface area contributed by atoms with E-state index in [9.17, 15) is 9.59 Å². The second-order valence-electron chi connectivity index (χ2n) is 6.40. The summed E-state index contributed by atoms with van der Waals surface area (Å²) in [6.45, 7) is 7.43. The van der Waals surface area contributed by atoms with Gasteiger partial charge in [-0.2, -0.15) is 0 Å². The molecule has 3 aromatic rings. The molecule has 0 saturated heterocycles. The van der Waals surface area contributed by atoms with Crippen LogP contribution in [0.2, 0.25) is 0 Å². The van der Waals surface area contributed by atoms with Crippen molar-refractivity contribution in [1.82, 2.24) is 0 Å². The summed E-state index contributed by atoms with van der Waals surface area (Å²) in [7, 11) is 0. The lowest BCUT2D eigenvalue weighted by atomic mass is 10.1. The minimum absolute atomic E-state index is 0.123. The number of benzene rings is 2. The molecule has 0 atom stereocenters. The first-order valence-electron chi connectivity index (χ1n) is 9.33. The lowest BCUT2D eigenvalue weighted by Crippen LogP contribution is -2.22. The Hall–Kier alpha value is -3.28. The highest BCUT2D eigenvalue weighted by Crippen LogP contribution is 2.25. The number of anilines is 2. The number of fused-ring (bicyclic) bond motifs is 1. The van der Waals surface area contributed by atoms with Gasteiger partial charge in [-0.25, -0.2) is 4.79 Å². The summed E-state index contributed by atoms with van der Waals surface area (Å²) in [6, 6.07) is 14.9. The van der Waals surface area contributed by atoms with E-state index in [1.165, 1.54) is 0 Å². The van der Waals surface area contributed by atoms with E-state index in [4.69, 9.17) is 9.15 Å². The van der Waals surface area contributed by atoms with Crippen LogP contribution >= 0.6 is 0 Å². The van der Waals surface area contributed by atoms with E-state index in [0.717, 1.165) is 24.2 Å². The molecule has 146 valence electrons. The van der Waals surface area contributed by atoms with Crippen LogP contribution in [-0.2, 0) is 9.53 Å². The van der Waals surface area contributed by atoms with Crippen molar-refractivity contribution >= 4 is 34.2 Å². The zero-order valence-electron chi connectivity index (χ0n) is 16.3. The van der Waals surface area contributed by atoms with E-state index in [2.05, 4.69) is 24.1 Å². The molecule has 28 heavy (non-hydrogen) atoms. The van der Waals surface area contributed by atoms with Gasteiger partial charge in [0.2, 0.25) is 5.76 Å². The Balaban J connectivity index is 1.57. The molecule has 1 N–H and O–H groups in total. The fourth-order valence-electron chi connectivity index (χ4n) is 3.11. The zero-order chi connectivity index (χ0) is 20.1. The average Bonchev–Trinajstić information content (AvgIpc) is 3.05. The number of hydrogen-bond acceptors (Lipinski definition) is 5. The lowest BCUT2D eigenvalue weighted by Gasteiger charge is -2.21. The average molecular weight is 380 g/mol. The van der Waals surface area contributed by atoms with Crippen LogP contribution in [0.5, 0.6) is 0 Å². The fourth-order valence-corrected chi connectivity index (χ4v) is 3.11. The number of carbonyl (C=O) groups excluding carboxylic acids is 2. The van der Waals surface area contributed by atoms with Crippen LogP contribution in [0.25, 0.3) is 11.0 Å². The van der Waals surface area contributed by atoms with E-state index in [-0.39, 0.29) is 12.4 Å². The van der Waals surface area contributed by atoms with Crippen LogP contribution < -0.4 is 10.2 Å². The lowest BCUT2D eigenvalue weighted by molar-refractivity contribution is -0.119. The van der Waals surface area contributed by atoms with Crippen LogP contribution in [0.1, 0.15) is 30.0 Å². The van der Waals surface area contributed by atoms with Crippen molar-refractivity contribution in [3.8, 4) is 0 Å². The molecule has 0 aliphatic rings. The van der Waals surface area contributed by atoms with Crippen molar-refractivity contribution in [3.05, 3.63) is 59.9 Å². The van der Waals surface area contributed by atoms with Crippen LogP contribution in [0.4, 0.5) is 11.4 Å². The van der Waals surface area contributed by atoms with Gasteiger partial charge in [0.15, 0.2) is 6.61 Å². The maximum atomic E-state index is 12.3. The largest absolute Gasteiger partial charge is 0.450 e. The molecule has 0 unspecified atom stereocenters. The Morgan fingerprint density at radius 2 is 1.71 bits per heavy atom. The third-order valence-electron chi connectivity index (χ3n) is 4.64. The summed E-state index contributed by atoms with van der Waals surface area (Å²) in [5.74, 6) is -0.934. The molecular formula is C22H24N2O4. The van der Waals surface area contributed by atoms with Gasteiger partial charge in [-0.1, -0.05) is 18.2 Å². The minimum Gasteiger partial charge on any atom is -0.450 e. The molecule has 2 aromatic carbocycles. The molecule has 0 bridgehead atoms. The molecular weight excluding hydrogens is 356 g/mol. The second-order valence-corrected chi connectivity index (χ2v) is 6.40. The van der Waals surface area contributed by atoms with Crippen molar-refractivity contribution < 1.29 is 18.7 Å². The van der Waals surface area contributed by atoms with Crippen molar-refractivity contribution in [1.29, 1.82) is 0 Å². The van der Waals surface area contributed by atoms with Crippen molar-refractivity contribution in [2.45, 2.75) is 20.8 Å². The van der Waals surface area contributed by atoms with Gasteiger partial charge >= 0.3 is 5.97 Å². The van der Waals surface area contributed by atoms with E-state index >= 15 is 0 Å². The van der Waals surface area contributed by atoms with Gasteiger partial charge in [-0.05, 0) is 51.1 Å². The van der Waals surface area contributed by atoms with Crippen molar-refractivity contribution in [2.75, 3.05) is 29.9 Å². The predicted octanol–water partition coefficient (Wildman–Crippen LogP) is 4.38. The fraction of sp³-hybridized carbons (Fsp3) is 0.273. The number of carbonyl (C=O) groups is 2. The zero-order valence-corrected chi connectivity index (χ0v) is 16.3. The Labute approximate surface area is 164 Å². The van der Waals surface area contributed by atoms with Gasteiger partial charge in [-0.15, -0.1) is 0 Å². The summed E-state index contributed by atoms with van der Waals surface area (Å²) < 4.78 is 10.7. The van der Waals surface area contributed by atoms with Crippen molar-refractivity contribution in [3.63, 3.8) is 0 Å².